The van der Waals surface area contributed by atoms with Crippen LogP contribution in [-0.4, -0.2) is 47.3 Å². The summed E-state index contributed by atoms with van der Waals surface area (Å²) in [5.41, 5.74) is 1.11. The molecule has 0 spiro atoms. The summed E-state index contributed by atoms with van der Waals surface area (Å²) in [4.78, 5) is 6.96. The lowest BCUT2D eigenvalue weighted by atomic mass is 9.90. The number of nitrogens with zero attached hydrogens (tertiary/aromatic N) is 3. The van der Waals surface area contributed by atoms with Gasteiger partial charge in [0.25, 0.3) is 0 Å². The number of hydrogen-bond donors (Lipinski definition) is 1. The number of aryl methyl sites for hydroxylation is 1. The fraction of sp³-hybridized carbons (Fsp3) is 0.500. The van der Waals surface area contributed by atoms with Crippen LogP contribution in [0.5, 0.6) is 0 Å². The average Bonchev–Trinajstić information content (AvgIpc) is 3.01. The summed E-state index contributed by atoms with van der Waals surface area (Å²) in [6, 6.07) is 7.10. The maximum Gasteiger partial charge on any atom is 0.175 e. The van der Waals surface area contributed by atoms with Gasteiger partial charge in [0.1, 0.15) is 11.9 Å². The van der Waals surface area contributed by atoms with Gasteiger partial charge in [0, 0.05) is 32.2 Å². The second-order valence-electron chi connectivity index (χ2n) is 6.87. The highest BCUT2D eigenvalue weighted by Gasteiger charge is 2.28. The number of aliphatic hydroxyl groups excluding tert-OH is 1. The predicted molar refractivity (Wildman–Crippen MR) is 95.7 cm³/mol. The molecule has 2 heterocycles. The van der Waals surface area contributed by atoms with E-state index < -0.39 is 15.9 Å². The van der Waals surface area contributed by atoms with Crippen molar-refractivity contribution in [2.75, 3.05) is 19.3 Å². The lowest BCUT2D eigenvalue weighted by Gasteiger charge is -2.34. The van der Waals surface area contributed by atoms with Crippen molar-refractivity contribution in [1.29, 1.82) is 0 Å². The Morgan fingerprint density at radius 3 is 2.40 bits per heavy atom. The van der Waals surface area contributed by atoms with E-state index in [2.05, 4.69) is 9.88 Å². The first-order valence-corrected chi connectivity index (χ1v) is 10.4. The normalized spacial score (nSPS) is 18.4. The molecule has 0 bridgehead atoms. The summed E-state index contributed by atoms with van der Waals surface area (Å²) >= 11 is 0. The largest absolute Gasteiger partial charge is 0.385 e. The molecule has 0 aliphatic carbocycles. The molecule has 1 aromatic carbocycles. The average molecular weight is 363 g/mol. The lowest BCUT2D eigenvalue weighted by Crippen LogP contribution is -2.35. The van der Waals surface area contributed by atoms with Crippen molar-refractivity contribution in [3.05, 3.63) is 48.0 Å². The van der Waals surface area contributed by atoms with Crippen molar-refractivity contribution in [3.8, 4) is 0 Å². The molecule has 0 amide bonds. The summed E-state index contributed by atoms with van der Waals surface area (Å²) in [7, 11) is -1.24. The van der Waals surface area contributed by atoms with Crippen molar-refractivity contribution in [2.45, 2.75) is 30.4 Å². The Hall–Kier alpha value is -1.70. The van der Waals surface area contributed by atoms with Gasteiger partial charge in [-0.25, -0.2) is 13.4 Å². The molecule has 1 aliphatic rings. The Labute approximate surface area is 149 Å². The number of aromatic nitrogens is 2. The van der Waals surface area contributed by atoms with E-state index in [1.807, 2.05) is 29.9 Å². The Kier molecular flexibility index (Phi) is 5.27. The number of piperidine rings is 1. The third-order valence-electron chi connectivity index (χ3n) is 4.96. The van der Waals surface area contributed by atoms with Crippen LogP contribution < -0.4 is 0 Å². The number of likely N-dealkylation sites (tertiary alicyclic amines) is 1. The van der Waals surface area contributed by atoms with Crippen molar-refractivity contribution in [1.82, 2.24) is 14.5 Å². The third kappa shape index (κ3) is 4.29. The smallest absolute Gasteiger partial charge is 0.175 e. The van der Waals surface area contributed by atoms with Gasteiger partial charge in [0.2, 0.25) is 0 Å². The Morgan fingerprint density at radius 2 is 1.88 bits per heavy atom. The molecular formula is C18H25N3O3S. The van der Waals surface area contributed by atoms with Crippen molar-refractivity contribution in [2.24, 2.45) is 13.0 Å². The van der Waals surface area contributed by atoms with E-state index in [1.54, 1.807) is 18.3 Å². The minimum atomic E-state index is -3.14. The molecule has 2 aromatic rings. The SMILES string of the molecule is Cn1ccnc1[C@H](O)C1CCN(Cc2ccc(S(C)(=O)=O)cc2)CC1. The summed E-state index contributed by atoms with van der Waals surface area (Å²) in [5.74, 6) is 0.958. The lowest BCUT2D eigenvalue weighted by molar-refractivity contribution is 0.0492. The molecule has 3 rings (SSSR count). The summed E-state index contributed by atoms with van der Waals surface area (Å²) in [6.45, 7) is 2.63. The summed E-state index contributed by atoms with van der Waals surface area (Å²) in [5, 5.41) is 10.5. The maximum absolute atomic E-state index is 11.5. The van der Waals surface area contributed by atoms with E-state index in [4.69, 9.17) is 0 Å². The molecule has 136 valence electrons. The number of hydrogen-bond acceptors (Lipinski definition) is 5. The second kappa shape index (κ2) is 7.27. The van der Waals surface area contributed by atoms with Crippen molar-refractivity contribution in [3.63, 3.8) is 0 Å². The molecule has 1 aromatic heterocycles. The topological polar surface area (TPSA) is 75.4 Å². The van der Waals surface area contributed by atoms with Gasteiger partial charge >= 0.3 is 0 Å². The van der Waals surface area contributed by atoms with Crippen molar-refractivity contribution >= 4 is 9.84 Å². The Bertz CT molecular complexity index is 806. The molecule has 1 saturated heterocycles. The first-order chi connectivity index (χ1) is 11.8. The van der Waals surface area contributed by atoms with E-state index in [0.717, 1.165) is 43.9 Å². The molecule has 0 radical (unpaired) electrons. The van der Waals surface area contributed by atoms with Crippen LogP contribution >= 0.6 is 0 Å². The minimum Gasteiger partial charge on any atom is -0.385 e. The van der Waals surface area contributed by atoms with Crippen LogP contribution in [0, 0.1) is 5.92 Å². The van der Waals surface area contributed by atoms with Crippen LogP contribution in [0.1, 0.15) is 30.3 Å². The van der Waals surface area contributed by atoms with E-state index in [0.29, 0.717) is 4.90 Å². The molecule has 6 nitrogen and oxygen atoms in total. The van der Waals surface area contributed by atoms with Crippen LogP contribution in [0.2, 0.25) is 0 Å². The first-order valence-electron chi connectivity index (χ1n) is 8.51. The Balaban J connectivity index is 1.55. The van der Waals surface area contributed by atoms with E-state index >= 15 is 0 Å². The van der Waals surface area contributed by atoms with E-state index in [9.17, 15) is 13.5 Å². The van der Waals surface area contributed by atoms with Crippen LogP contribution in [0.15, 0.2) is 41.6 Å². The monoisotopic (exact) mass is 363 g/mol. The van der Waals surface area contributed by atoms with Gasteiger partial charge in [-0.15, -0.1) is 0 Å². The van der Waals surface area contributed by atoms with Crippen molar-refractivity contribution < 1.29 is 13.5 Å². The Morgan fingerprint density at radius 1 is 1.24 bits per heavy atom. The molecule has 0 saturated carbocycles. The predicted octanol–water partition coefficient (Wildman–Crippen LogP) is 1.77. The highest BCUT2D eigenvalue weighted by atomic mass is 32.2. The molecule has 1 atom stereocenters. The number of aliphatic hydroxyl groups is 1. The first kappa shape index (κ1) is 18.1. The minimum absolute atomic E-state index is 0.227. The van der Waals surface area contributed by atoms with Gasteiger partial charge in [-0.1, -0.05) is 12.1 Å². The zero-order valence-corrected chi connectivity index (χ0v) is 15.5. The van der Waals surface area contributed by atoms with Gasteiger partial charge < -0.3 is 9.67 Å². The van der Waals surface area contributed by atoms with Crippen LogP contribution in [0.3, 0.4) is 0 Å². The zero-order chi connectivity index (χ0) is 18.0. The molecule has 1 aliphatic heterocycles. The molecule has 0 unspecified atom stereocenters. The maximum atomic E-state index is 11.5. The van der Waals surface area contributed by atoms with Gasteiger partial charge in [0.05, 0.1) is 4.90 Å². The van der Waals surface area contributed by atoms with Crippen LogP contribution in [0.4, 0.5) is 0 Å². The number of imidazole rings is 1. The van der Waals surface area contributed by atoms with Crippen LogP contribution in [0.25, 0.3) is 0 Å². The van der Waals surface area contributed by atoms with Gasteiger partial charge in [-0.05, 0) is 49.5 Å². The van der Waals surface area contributed by atoms with E-state index in [1.165, 1.54) is 6.26 Å². The molecule has 1 fully saturated rings. The zero-order valence-electron chi connectivity index (χ0n) is 14.7. The second-order valence-corrected chi connectivity index (χ2v) is 8.89. The quantitative estimate of drug-likeness (QED) is 0.876. The van der Waals surface area contributed by atoms with Gasteiger partial charge in [0.15, 0.2) is 9.84 Å². The molecule has 7 heteroatoms. The fourth-order valence-corrected chi connectivity index (χ4v) is 4.03. The summed E-state index contributed by atoms with van der Waals surface area (Å²) < 4.78 is 24.9. The van der Waals surface area contributed by atoms with Crippen LogP contribution in [-0.2, 0) is 23.4 Å². The highest BCUT2D eigenvalue weighted by Crippen LogP contribution is 2.30. The standard InChI is InChI=1S/C18H25N3O3S/c1-20-12-9-19-18(20)17(22)15-7-10-21(11-8-15)13-14-3-5-16(6-4-14)25(2,23)24/h3-6,9,12,15,17,22H,7-8,10-11,13H2,1-2H3/t17-/m1/s1. The summed E-state index contributed by atoms with van der Waals surface area (Å²) in [6.07, 6.45) is 6.13. The van der Waals surface area contributed by atoms with Gasteiger partial charge in [-0.2, -0.15) is 0 Å². The fourth-order valence-electron chi connectivity index (χ4n) is 3.40. The molecular weight excluding hydrogens is 338 g/mol. The van der Waals surface area contributed by atoms with E-state index in [-0.39, 0.29) is 5.92 Å². The molecule has 1 N–H and O–H groups in total. The highest BCUT2D eigenvalue weighted by molar-refractivity contribution is 7.90. The number of benzene rings is 1. The number of rotatable bonds is 5. The van der Waals surface area contributed by atoms with Gasteiger partial charge in [-0.3, -0.25) is 4.90 Å². The third-order valence-corrected chi connectivity index (χ3v) is 6.09. The molecule has 25 heavy (non-hydrogen) atoms. The number of sulfone groups is 1.